The molecule has 2 N–H and O–H groups in total. The van der Waals surface area contributed by atoms with E-state index >= 15 is 0 Å². The van der Waals surface area contributed by atoms with Crippen LogP contribution < -0.4 is 5.73 Å². The van der Waals surface area contributed by atoms with Crippen LogP contribution in [0.1, 0.15) is 11.3 Å². The second-order valence-corrected chi connectivity index (χ2v) is 4.73. The summed E-state index contributed by atoms with van der Waals surface area (Å²) in [7, 11) is 0. The molecule has 0 aliphatic carbocycles. The van der Waals surface area contributed by atoms with Gasteiger partial charge in [0.25, 0.3) is 0 Å². The van der Waals surface area contributed by atoms with E-state index in [9.17, 15) is 13.2 Å². The molecule has 0 aliphatic heterocycles. The molecule has 0 fully saturated rings. The minimum atomic E-state index is -4.36. The topological polar surface area (TPSA) is 38.9 Å². The number of halogens is 4. The highest BCUT2D eigenvalue weighted by Crippen LogP contribution is 2.33. The highest BCUT2D eigenvalue weighted by Gasteiger charge is 2.30. The van der Waals surface area contributed by atoms with E-state index in [1.165, 1.54) is 6.07 Å². The summed E-state index contributed by atoms with van der Waals surface area (Å²) in [5.74, 6) is 0. The third-order valence-corrected chi connectivity index (χ3v) is 3.82. The molecule has 2 nitrogen and oxygen atoms in total. The first-order valence-corrected chi connectivity index (χ1v) is 5.81. The average molecular weight is 352 g/mol. The Morgan fingerprint density at radius 2 is 1.94 bits per heavy atom. The van der Waals surface area contributed by atoms with E-state index in [2.05, 4.69) is 4.98 Å². The number of hydrogen-bond donors (Lipinski definition) is 1. The van der Waals surface area contributed by atoms with E-state index in [-0.39, 0.29) is 5.52 Å². The lowest BCUT2D eigenvalue weighted by molar-refractivity contribution is -0.137. The van der Waals surface area contributed by atoms with Gasteiger partial charge in [0.2, 0.25) is 0 Å². The summed E-state index contributed by atoms with van der Waals surface area (Å²) in [6, 6.07) is 3.41. The van der Waals surface area contributed by atoms with Crippen LogP contribution in [0.5, 0.6) is 0 Å². The summed E-state index contributed by atoms with van der Waals surface area (Å²) < 4.78 is 38.4. The van der Waals surface area contributed by atoms with Crippen LogP contribution in [0.2, 0.25) is 0 Å². The first-order chi connectivity index (χ1) is 7.80. The Kier molecular flexibility index (Phi) is 2.92. The van der Waals surface area contributed by atoms with Crippen molar-refractivity contribution in [1.29, 1.82) is 0 Å². The van der Waals surface area contributed by atoms with E-state index in [1.54, 1.807) is 6.92 Å². The maximum atomic E-state index is 12.5. The van der Waals surface area contributed by atoms with Gasteiger partial charge in [-0.25, -0.2) is 0 Å². The van der Waals surface area contributed by atoms with Gasteiger partial charge in [0.1, 0.15) is 0 Å². The number of fused-ring (bicyclic) bond motifs is 1. The third-order valence-electron chi connectivity index (χ3n) is 2.46. The number of aromatic nitrogens is 1. The molecule has 1 aromatic heterocycles. The van der Waals surface area contributed by atoms with Crippen LogP contribution in [-0.2, 0) is 6.18 Å². The quantitative estimate of drug-likeness (QED) is 0.734. The molecule has 90 valence electrons. The Hall–Kier alpha value is -1.05. The monoisotopic (exact) mass is 352 g/mol. The lowest BCUT2D eigenvalue weighted by Crippen LogP contribution is -2.05. The number of benzene rings is 1. The predicted octanol–water partition coefficient (Wildman–Crippen LogP) is 3.75. The van der Waals surface area contributed by atoms with E-state index in [0.717, 1.165) is 15.7 Å². The third kappa shape index (κ3) is 2.18. The molecule has 2 aromatic rings. The molecular formula is C11H8F3IN2. The number of nitrogens with two attached hydrogens (primary N) is 1. The fourth-order valence-electron chi connectivity index (χ4n) is 1.57. The maximum absolute atomic E-state index is 12.5. The SMILES string of the molecule is Cc1nc2cc(C(F)(F)F)ccc2c(N)c1I. The smallest absolute Gasteiger partial charge is 0.397 e. The molecule has 0 saturated carbocycles. The van der Waals surface area contributed by atoms with Crippen LogP contribution >= 0.6 is 22.6 Å². The van der Waals surface area contributed by atoms with Crippen molar-refractivity contribution in [1.82, 2.24) is 4.98 Å². The van der Waals surface area contributed by atoms with Gasteiger partial charge in [0.15, 0.2) is 0 Å². The zero-order valence-electron chi connectivity index (χ0n) is 8.77. The minimum Gasteiger partial charge on any atom is -0.397 e. The number of aryl methyl sites for hydroxylation is 1. The Balaban J connectivity index is 2.76. The van der Waals surface area contributed by atoms with Crippen LogP contribution in [0.15, 0.2) is 18.2 Å². The highest BCUT2D eigenvalue weighted by molar-refractivity contribution is 14.1. The summed E-state index contributed by atoms with van der Waals surface area (Å²) in [6.07, 6.45) is -4.36. The van der Waals surface area contributed by atoms with Crippen LogP contribution in [-0.4, -0.2) is 4.98 Å². The Labute approximate surface area is 109 Å². The molecule has 0 bridgehead atoms. The number of hydrogen-bond acceptors (Lipinski definition) is 2. The molecule has 2 rings (SSSR count). The number of alkyl halides is 3. The van der Waals surface area contributed by atoms with Gasteiger partial charge >= 0.3 is 6.18 Å². The molecule has 0 unspecified atom stereocenters. The Morgan fingerprint density at radius 3 is 2.53 bits per heavy atom. The zero-order chi connectivity index (χ0) is 12.8. The van der Waals surface area contributed by atoms with Crippen molar-refractivity contribution >= 4 is 39.2 Å². The summed E-state index contributed by atoms with van der Waals surface area (Å²) in [5, 5.41) is 0.549. The van der Waals surface area contributed by atoms with Crippen molar-refractivity contribution in [3.8, 4) is 0 Å². The molecule has 0 atom stereocenters. The van der Waals surface area contributed by atoms with Gasteiger partial charge in [-0.1, -0.05) is 6.07 Å². The fraction of sp³-hybridized carbons (Fsp3) is 0.182. The number of pyridine rings is 1. The van der Waals surface area contributed by atoms with Crippen LogP contribution in [0.25, 0.3) is 10.9 Å². The Bertz CT molecular complexity index is 593. The van der Waals surface area contributed by atoms with Crippen LogP contribution in [0.4, 0.5) is 18.9 Å². The zero-order valence-corrected chi connectivity index (χ0v) is 10.9. The summed E-state index contributed by atoms with van der Waals surface area (Å²) in [6.45, 7) is 1.72. The van der Waals surface area contributed by atoms with Gasteiger partial charge in [-0.3, -0.25) is 4.98 Å². The summed E-state index contributed by atoms with van der Waals surface area (Å²) >= 11 is 2.03. The molecular weight excluding hydrogens is 344 g/mol. The molecule has 0 aliphatic rings. The molecule has 6 heteroatoms. The first-order valence-electron chi connectivity index (χ1n) is 4.73. The molecule has 17 heavy (non-hydrogen) atoms. The second-order valence-electron chi connectivity index (χ2n) is 3.65. The largest absolute Gasteiger partial charge is 0.416 e. The van der Waals surface area contributed by atoms with Gasteiger partial charge in [-0.05, 0) is 41.6 Å². The standard InChI is InChI=1S/C11H8F3IN2/c1-5-9(15)10(16)7-3-2-6(11(12,13)14)4-8(7)17-5/h2-4H,1H3,(H2,16,17). The van der Waals surface area contributed by atoms with Crippen molar-refractivity contribution < 1.29 is 13.2 Å². The highest BCUT2D eigenvalue weighted by atomic mass is 127. The molecule has 0 spiro atoms. The number of anilines is 1. The van der Waals surface area contributed by atoms with Crippen molar-refractivity contribution in [2.75, 3.05) is 5.73 Å². The molecule has 1 heterocycles. The normalized spacial score (nSPS) is 12.1. The van der Waals surface area contributed by atoms with Crippen molar-refractivity contribution in [3.05, 3.63) is 33.0 Å². The molecule has 0 saturated heterocycles. The van der Waals surface area contributed by atoms with Gasteiger partial charge in [0, 0.05) is 5.39 Å². The molecule has 1 aromatic carbocycles. The van der Waals surface area contributed by atoms with Crippen molar-refractivity contribution in [2.45, 2.75) is 13.1 Å². The summed E-state index contributed by atoms with van der Waals surface area (Å²) in [4.78, 5) is 4.12. The van der Waals surface area contributed by atoms with Gasteiger partial charge in [-0.15, -0.1) is 0 Å². The fourth-order valence-corrected chi connectivity index (χ4v) is 1.98. The van der Waals surface area contributed by atoms with E-state index in [1.807, 2.05) is 22.6 Å². The minimum absolute atomic E-state index is 0.273. The summed E-state index contributed by atoms with van der Waals surface area (Å²) in [5.41, 5.74) is 6.52. The molecule has 0 radical (unpaired) electrons. The lowest BCUT2D eigenvalue weighted by atomic mass is 10.1. The van der Waals surface area contributed by atoms with E-state index in [0.29, 0.717) is 16.8 Å². The van der Waals surface area contributed by atoms with Crippen molar-refractivity contribution in [3.63, 3.8) is 0 Å². The molecule has 0 amide bonds. The second kappa shape index (κ2) is 4.01. The van der Waals surface area contributed by atoms with E-state index < -0.39 is 11.7 Å². The van der Waals surface area contributed by atoms with Gasteiger partial charge in [-0.2, -0.15) is 13.2 Å². The number of rotatable bonds is 0. The number of nitrogens with zero attached hydrogens (tertiary/aromatic N) is 1. The van der Waals surface area contributed by atoms with Gasteiger partial charge in [0.05, 0.1) is 26.0 Å². The van der Waals surface area contributed by atoms with Crippen LogP contribution in [0, 0.1) is 10.5 Å². The van der Waals surface area contributed by atoms with E-state index in [4.69, 9.17) is 5.73 Å². The predicted molar refractivity (Wildman–Crippen MR) is 68.6 cm³/mol. The number of nitrogen functional groups attached to an aromatic ring is 1. The lowest BCUT2D eigenvalue weighted by Gasteiger charge is -2.10. The first kappa shape index (κ1) is 12.4. The van der Waals surface area contributed by atoms with Gasteiger partial charge < -0.3 is 5.73 Å². The average Bonchev–Trinajstić information content (AvgIpc) is 2.24. The maximum Gasteiger partial charge on any atom is 0.416 e. The van der Waals surface area contributed by atoms with Crippen molar-refractivity contribution in [2.24, 2.45) is 0 Å². The Morgan fingerprint density at radius 1 is 1.29 bits per heavy atom. The van der Waals surface area contributed by atoms with Crippen LogP contribution in [0.3, 0.4) is 0 Å².